The third-order valence-corrected chi connectivity index (χ3v) is 3.83. The van der Waals surface area contributed by atoms with E-state index in [1.54, 1.807) is 6.07 Å². The Bertz CT molecular complexity index is 746. The van der Waals surface area contributed by atoms with Crippen molar-refractivity contribution in [1.29, 1.82) is 0 Å². The van der Waals surface area contributed by atoms with Crippen molar-refractivity contribution < 1.29 is 19.1 Å². The van der Waals surface area contributed by atoms with E-state index in [-0.39, 0.29) is 13.2 Å². The zero-order valence-electron chi connectivity index (χ0n) is 13.5. The SMILES string of the molecule is Cc1ccc(C)c(OCC(=O)OCC(=O)Nc2cccc(I)c2)c1. The number of amides is 1. The van der Waals surface area contributed by atoms with Crippen LogP contribution in [0.1, 0.15) is 11.1 Å². The quantitative estimate of drug-likeness (QED) is 0.553. The maximum atomic E-state index is 11.8. The summed E-state index contributed by atoms with van der Waals surface area (Å²) >= 11 is 2.15. The van der Waals surface area contributed by atoms with Gasteiger partial charge in [-0.25, -0.2) is 4.79 Å². The van der Waals surface area contributed by atoms with Crippen molar-refractivity contribution in [3.8, 4) is 5.75 Å². The average Bonchev–Trinajstić information content (AvgIpc) is 2.54. The molecule has 1 amide bonds. The molecule has 2 aromatic carbocycles. The third kappa shape index (κ3) is 5.84. The summed E-state index contributed by atoms with van der Waals surface area (Å²) in [6, 6.07) is 13.1. The van der Waals surface area contributed by atoms with Crippen LogP contribution in [-0.4, -0.2) is 25.1 Å². The van der Waals surface area contributed by atoms with Crippen LogP contribution < -0.4 is 10.1 Å². The number of carbonyl (C=O) groups is 2. The standard InChI is InChI=1S/C18H18INO4/c1-12-6-7-13(2)16(8-12)23-11-18(22)24-10-17(21)20-15-5-3-4-14(19)9-15/h3-9H,10-11H2,1-2H3,(H,20,21). The van der Waals surface area contributed by atoms with Crippen LogP contribution in [0.5, 0.6) is 5.75 Å². The van der Waals surface area contributed by atoms with Gasteiger partial charge in [-0.15, -0.1) is 0 Å². The monoisotopic (exact) mass is 439 g/mol. The normalized spacial score (nSPS) is 10.1. The predicted octanol–water partition coefficient (Wildman–Crippen LogP) is 3.47. The third-order valence-electron chi connectivity index (χ3n) is 3.16. The molecule has 0 spiro atoms. The molecule has 0 atom stereocenters. The molecular weight excluding hydrogens is 421 g/mol. The van der Waals surface area contributed by atoms with Crippen LogP contribution >= 0.6 is 22.6 Å². The Balaban J connectivity index is 1.76. The minimum absolute atomic E-state index is 0.235. The molecule has 0 radical (unpaired) electrons. The van der Waals surface area contributed by atoms with Crippen LogP contribution in [0.4, 0.5) is 5.69 Å². The van der Waals surface area contributed by atoms with E-state index in [0.717, 1.165) is 14.7 Å². The van der Waals surface area contributed by atoms with Gasteiger partial charge in [0.15, 0.2) is 13.2 Å². The first-order valence-electron chi connectivity index (χ1n) is 7.35. The molecule has 24 heavy (non-hydrogen) atoms. The molecule has 5 nitrogen and oxygen atoms in total. The minimum Gasteiger partial charge on any atom is -0.482 e. The van der Waals surface area contributed by atoms with Crippen LogP contribution in [0.15, 0.2) is 42.5 Å². The highest BCUT2D eigenvalue weighted by atomic mass is 127. The summed E-state index contributed by atoms with van der Waals surface area (Å²) in [5, 5.41) is 2.67. The number of ether oxygens (including phenoxy) is 2. The molecule has 126 valence electrons. The van der Waals surface area contributed by atoms with Crippen LogP contribution in [0.2, 0.25) is 0 Å². The van der Waals surface area contributed by atoms with Gasteiger partial charge >= 0.3 is 5.97 Å². The Morgan fingerprint density at radius 1 is 1.08 bits per heavy atom. The van der Waals surface area contributed by atoms with Crippen molar-refractivity contribution in [2.45, 2.75) is 13.8 Å². The molecule has 0 aliphatic rings. The second-order valence-electron chi connectivity index (χ2n) is 5.28. The fourth-order valence-electron chi connectivity index (χ4n) is 1.95. The molecule has 0 fully saturated rings. The van der Waals surface area contributed by atoms with Gasteiger partial charge in [-0.3, -0.25) is 4.79 Å². The molecule has 0 unspecified atom stereocenters. The van der Waals surface area contributed by atoms with E-state index in [1.807, 2.05) is 50.2 Å². The van der Waals surface area contributed by atoms with Crippen LogP contribution in [0.25, 0.3) is 0 Å². The van der Waals surface area contributed by atoms with Crippen molar-refractivity contribution in [2.75, 3.05) is 18.5 Å². The number of carbonyl (C=O) groups excluding carboxylic acids is 2. The van der Waals surface area contributed by atoms with Crippen LogP contribution in [-0.2, 0) is 14.3 Å². The van der Waals surface area contributed by atoms with Gasteiger partial charge in [-0.1, -0.05) is 18.2 Å². The Morgan fingerprint density at radius 3 is 2.62 bits per heavy atom. The first-order chi connectivity index (χ1) is 11.4. The Morgan fingerprint density at radius 2 is 1.88 bits per heavy atom. The van der Waals surface area contributed by atoms with Crippen molar-refractivity contribution in [3.63, 3.8) is 0 Å². The van der Waals surface area contributed by atoms with Gasteiger partial charge in [0.1, 0.15) is 5.75 Å². The minimum atomic E-state index is -0.589. The summed E-state index contributed by atoms with van der Waals surface area (Å²) in [5.74, 6) is -0.346. The van der Waals surface area contributed by atoms with E-state index in [4.69, 9.17) is 9.47 Å². The zero-order valence-corrected chi connectivity index (χ0v) is 15.6. The van der Waals surface area contributed by atoms with Gasteiger partial charge in [0.25, 0.3) is 5.91 Å². The molecular formula is C18H18INO4. The number of anilines is 1. The van der Waals surface area contributed by atoms with E-state index in [1.165, 1.54) is 0 Å². The number of nitrogens with one attached hydrogen (secondary N) is 1. The first-order valence-corrected chi connectivity index (χ1v) is 8.43. The first kappa shape index (κ1) is 18.3. The van der Waals surface area contributed by atoms with Crippen molar-refractivity contribution in [1.82, 2.24) is 0 Å². The Kier molecular flexibility index (Phi) is 6.60. The van der Waals surface area contributed by atoms with Crippen LogP contribution in [0.3, 0.4) is 0 Å². The summed E-state index contributed by atoms with van der Waals surface area (Å²) in [7, 11) is 0. The smallest absolute Gasteiger partial charge is 0.344 e. The molecule has 0 heterocycles. The summed E-state index contributed by atoms with van der Waals surface area (Å²) in [6.07, 6.45) is 0. The van der Waals surface area contributed by atoms with E-state index < -0.39 is 11.9 Å². The molecule has 6 heteroatoms. The maximum Gasteiger partial charge on any atom is 0.344 e. The summed E-state index contributed by atoms with van der Waals surface area (Å²) in [4.78, 5) is 23.5. The van der Waals surface area contributed by atoms with E-state index in [2.05, 4.69) is 27.9 Å². The molecule has 2 aromatic rings. The van der Waals surface area contributed by atoms with E-state index in [9.17, 15) is 9.59 Å². The van der Waals surface area contributed by atoms with E-state index in [0.29, 0.717) is 11.4 Å². The largest absolute Gasteiger partial charge is 0.482 e. The second kappa shape index (κ2) is 8.68. The number of aryl methyl sites for hydroxylation is 2. The molecule has 1 N–H and O–H groups in total. The van der Waals surface area contributed by atoms with Gasteiger partial charge in [-0.05, 0) is 71.8 Å². The second-order valence-corrected chi connectivity index (χ2v) is 6.52. The number of hydrogen-bond acceptors (Lipinski definition) is 4. The fraction of sp³-hybridized carbons (Fsp3) is 0.222. The lowest BCUT2D eigenvalue weighted by Crippen LogP contribution is -2.23. The maximum absolute atomic E-state index is 11.8. The number of esters is 1. The number of halogens is 1. The van der Waals surface area contributed by atoms with Gasteiger partial charge in [0.2, 0.25) is 0 Å². The predicted molar refractivity (Wildman–Crippen MR) is 100 cm³/mol. The molecule has 0 aliphatic heterocycles. The summed E-state index contributed by atoms with van der Waals surface area (Å²) in [5.41, 5.74) is 2.64. The van der Waals surface area contributed by atoms with E-state index >= 15 is 0 Å². The van der Waals surface area contributed by atoms with Gasteiger partial charge in [0, 0.05) is 9.26 Å². The van der Waals surface area contributed by atoms with Gasteiger partial charge in [-0.2, -0.15) is 0 Å². The van der Waals surface area contributed by atoms with Gasteiger partial charge in [0.05, 0.1) is 0 Å². The van der Waals surface area contributed by atoms with Crippen molar-refractivity contribution in [3.05, 3.63) is 57.2 Å². The highest BCUT2D eigenvalue weighted by Crippen LogP contribution is 2.19. The topological polar surface area (TPSA) is 64.6 Å². The lowest BCUT2D eigenvalue weighted by atomic mass is 10.1. The Hall–Kier alpha value is -2.09. The lowest BCUT2D eigenvalue weighted by Gasteiger charge is -2.10. The fourth-order valence-corrected chi connectivity index (χ4v) is 2.49. The number of benzene rings is 2. The molecule has 0 saturated carbocycles. The average molecular weight is 439 g/mol. The number of hydrogen-bond donors (Lipinski definition) is 1. The summed E-state index contributed by atoms with van der Waals surface area (Å²) in [6.45, 7) is 3.26. The highest BCUT2D eigenvalue weighted by molar-refractivity contribution is 14.1. The number of rotatable bonds is 6. The van der Waals surface area contributed by atoms with Crippen LogP contribution in [0, 0.1) is 17.4 Å². The lowest BCUT2D eigenvalue weighted by molar-refractivity contribution is -0.149. The summed E-state index contributed by atoms with van der Waals surface area (Å²) < 4.78 is 11.4. The van der Waals surface area contributed by atoms with Crippen molar-refractivity contribution >= 4 is 40.2 Å². The zero-order chi connectivity index (χ0) is 17.5. The molecule has 0 saturated heterocycles. The molecule has 2 rings (SSSR count). The Labute approximate surface area is 154 Å². The van der Waals surface area contributed by atoms with Gasteiger partial charge < -0.3 is 14.8 Å². The molecule has 0 bridgehead atoms. The molecule has 0 aromatic heterocycles. The highest BCUT2D eigenvalue weighted by Gasteiger charge is 2.10. The van der Waals surface area contributed by atoms with Crippen molar-refractivity contribution in [2.24, 2.45) is 0 Å². The molecule has 0 aliphatic carbocycles.